The first kappa shape index (κ1) is 25.1. The Morgan fingerprint density at radius 2 is 1.86 bits per heavy atom. The van der Waals surface area contributed by atoms with Crippen LogP contribution in [0.2, 0.25) is 0 Å². The molecule has 0 aliphatic carbocycles. The molecule has 0 saturated heterocycles. The molecule has 188 valence electrons. The van der Waals surface area contributed by atoms with Gasteiger partial charge in [-0.2, -0.15) is 0 Å². The lowest BCUT2D eigenvalue weighted by Crippen LogP contribution is -2.42. The summed E-state index contributed by atoms with van der Waals surface area (Å²) in [5.74, 6) is 1.76. The average Bonchev–Trinajstić information content (AvgIpc) is 3.59. The Morgan fingerprint density at radius 3 is 2.58 bits per heavy atom. The number of rotatable bonds is 11. The highest BCUT2D eigenvalue weighted by molar-refractivity contribution is 7.09. The van der Waals surface area contributed by atoms with Gasteiger partial charge in [-0.15, -0.1) is 17.9 Å². The van der Waals surface area contributed by atoms with Gasteiger partial charge < -0.3 is 28.7 Å². The summed E-state index contributed by atoms with van der Waals surface area (Å²) >= 11 is 1.58. The molecule has 1 aromatic heterocycles. The van der Waals surface area contributed by atoms with Crippen LogP contribution in [-0.4, -0.2) is 55.7 Å². The largest absolute Gasteiger partial charge is 0.497 e. The zero-order chi connectivity index (χ0) is 25.5. The molecule has 0 atom stereocenters. The second kappa shape index (κ2) is 11.6. The lowest BCUT2D eigenvalue weighted by Gasteiger charge is -2.27. The maximum Gasteiger partial charge on any atom is 0.258 e. The van der Waals surface area contributed by atoms with Crippen molar-refractivity contribution in [3.63, 3.8) is 0 Å². The number of ether oxygens (including phenoxy) is 4. The second-order valence-corrected chi connectivity index (χ2v) is 9.09. The summed E-state index contributed by atoms with van der Waals surface area (Å²) in [6.45, 7) is 4.82. The molecule has 0 saturated carbocycles. The van der Waals surface area contributed by atoms with Crippen molar-refractivity contribution in [2.24, 2.45) is 0 Å². The molecular weight excluding hydrogens is 480 g/mol. The number of thiophene rings is 1. The molecule has 8 nitrogen and oxygen atoms in total. The summed E-state index contributed by atoms with van der Waals surface area (Å²) in [6, 6.07) is 14.5. The Balaban J connectivity index is 1.56. The van der Waals surface area contributed by atoms with Gasteiger partial charge >= 0.3 is 0 Å². The Bertz CT molecular complexity index is 1230. The lowest BCUT2D eigenvalue weighted by molar-refractivity contribution is -0.133. The second-order valence-electron chi connectivity index (χ2n) is 8.06. The molecular formula is C27H28N2O6S. The highest BCUT2D eigenvalue weighted by Crippen LogP contribution is 2.33. The number of fused-ring (bicyclic) bond motifs is 1. The van der Waals surface area contributed by atoms with Gasteiger partial charge in [0.15, 0.2) is 11.5 Å². The lowest BCUT2D eigenvalue weighted by atomic mass is 10.1. The number of nitrogens with zero attached hydrogens (tertiary/aromatic N) is 2. The van der Waals surface area contributed by atoms with E-state index in [1.807, 2.05) is 35.7 Å². The van der Waals surface area contributed by atoms with E-state index in [2.05, 4.69) is 6.58 Å². The topological polar surface area (TPSA) is 77.5 Å². The van der Waals surface area contributed by atoms with Crippen LogP contribution in [0.15, 0.2) is 66.6 Å². The number of hydrogen-bond donors (Lipinski definition) is 0. The summed E-state index contributed by atoms with van der Waals surface area (Å²) in [4.78, 5) is 31.2. The first-order chi connectivity index (χ1) is 17.5. The maximum atomic E-state index is 13.6. The molecule has 0 bridgehead atoms. The van der Waals surface area contributed by atoms with Crippen LogP contribution in [0.25, 0.3) is 0 Å². The van der Waals surface area contributed by atoms with E-state index in [0.29, 0.717) is 41.7 Å². The van der Waals surface area contributed by atoms with E-state index in [0.717, 1.165) is 10.4 Å². The van der Waals surface area contributed by atoms with Gasteiger partial charge in [0.1, 0.15) is 18.0 Å². The summed E-state index contributed by atoms with van der Waals surface area (Å²) in [7, 11) is 3.03. The average molecular weight is 509 g/mol. The van der Waals surface area contributed by atoms with Gasteiger partial charge in [-0.3, -0.25) is 9.59 Å². The van der Waals surface area contributed by atoms with E-state index in [4.69, 9.17) is 18.9 Å². The summed E-state index contributed by atoms with van der Waals surface area (Å²) in [5, 5.41) is 1.97. The van der Waals surface area contributed by atoms with Crippen molar-refractivity contribution in [2.75, 3.05) is 34.1 Å². The van der Waals surface area contributed by atoms with Gasteiger partial charge in [0, 0.05) is 24.0 Å². The molecule has 1 aliphatic heterocycles. The molecule has 4 rings (SSSR count). The Kier molecular flexibility index (Phi) is 8.12. The van der Waals surface area contributed by atoms with Gasteiger partial charge in [0.05, 0.1) is 26.3 Å². The van der Waals surface area contributed by atoms with Gasteiger partial charge in [-0.25, -0.2) is 0 Å². The maximum absolute atomic E-state index is 13.6. The molecule has 2 amide bonds. The molecule has 0 fully saturated rings. The summed E-state index contributed by atoms with van der Waals surface area (Å²) in [6.07, 6.45) is 1.60. The smallest absolute Gasteiger partial charge is 0.258 e. The third-order valence-corrected chi connectivity index (χ3v) is 6.55. The van der Waals surface area contributed by atoms with Crippen molar-refractivity contribution in [1.82, 2.24) is 9.80 Å². The fourth-order valence-electron chi connectivity index (χ4n) is 3.87. The van der Waals surface area contributed by atoms with Gasteiger partial charge in [-0.05, 0) is 41.3 Å². The molecule has 0 unspecified atom stereocenters. The Labute approximate surface area is 214 Å². The zero-order valence-electron chi connectivity index (χ0n) is 20.3. The van der Waals surface area contributed by atoms with Crippen LogP contribution < -0.4 is 18.9 Å². The van der Waals surface area contributed by atoms with Gasteiger partial charge in [-0.1, -0.05) is 18.2 Å². The summed E-state index contributed by atoms with van der Waals surface area (Å²) < 4.78 is 21.5. The fraction of sp³-hybridized carbons (Fsp3) is 0.259. The van der Waals surface area contributed by atoms with Gasteiger partial charge in [0.2, 0.25) is 12.7 Å². The van der Waals surface area contributed by atoms with Crippen LogP contribution in [0.1, 0.15) is 20.8 Å². The van der Waals surface area contributed by atoms with E-state index in [1.165, 1.54) is 12.0 Å². The number of hydrogen-bond acceptors (Lipinski definition) is 7. The van der Waals surface area contributed by atoms with Crippen molar-refractivity contribution < 1.29 is 28.5 Å². The van der Waals surface area contributed by atoms with Crippen LogP contribution in [0.4, 0.5) is 0 Å². The van der Waals surface area contributed by atoms with Crippen molar-refractivity contribution in [3.05, 3.63) is 82.6 Å². The predicted octanol–water partition coefficient (Wildman–Crippen LogP) is 4.35. The SMILES string of the molecule is C=CCN(CC(=O)N(Cc1ccc2c(c1)OCO2)Cc1cccs1)C(=O)c1ccc(OC)cc1OC. The number of benzene rings is 2. The number of amides is 2. The molecule has 2 heterocycles. The van der Waals surface area contributed by atoms with Crippen molar-refractivity contribution >= 4 is 23.2 Å². The van der Waals surface area contributed by atoms with Crippen LogP contribution in [0.3, 0.4) is 0 Å². The van der Waals surface area contributed by atoms with Crippen molar-refractivity contribution in [3.8, 4) is 23.0 Å². The zero-order valence-corrected chi connectivity index (χ0v) is 21.1. The molecule has 3 aromatic rings. The highest BCUT2D eigenvalue weighted by Gasteiger charge is 2.25. The minimum Gasteiger partial charge on any atom is -0.497 e. The standard InChI is InChI=1S/C27H28N2O6S/c1-4-11-28(27(31)22-9-8-20(32-2)14-24(22)33-3)17-26(30)29(16-21-6-5-12-36-21)15-19-7-10-23-25(13-19)35-18-34-23/h4-10,12-14H,1,11,15-18H2,2-3H3. The minimum atomic E-state index is -0.332. The van der Waals surface area contributed by atoms with Crippen molar-refractivity contribution in [2.45, 2.75) is 13.1 Å². The fourth-order valence-corrected chi connectivity index (χ4v) is 4.59. The van der Waals surface area contributed by atoms with Crippen LogP contribution >= 0.6 is 11.3 Å². The molecule has 0 radical (unpaired) electrons. The quantitative estimate of drug-likeness (QED) is 0.359. The molecule has 36 heavy (non-hydrogen) atoms. The first-order valence-electron chi connectivity index (χ1n) is 11.3. The van der Waals surface area contributed by atoms with Crippen LogP contribution in [0, 0.1) is 0 Å². The molecule has 0 N–H and O–H groups in total. The normalized spacial score (nSPS) is 11.6. The van der Waals surface area contributed by atoms with Gasteiger partial charge in [0.25, 0.3) is 5.91 Å². The number of carbonyl (C=O) groups excluding carboxylic acids is 2. The molecule has 2 aromatic carbocycles. The first-order valence-corrected chi connectivity index (χ1v) is 12.2. The van der Waals surface area contributed by atoms with Crippen LogP contribution in [0.5, 0.6) is 23.0 Å². The van der Waals surface area contributed by atoms with E-state index in [-0.39, 0.29) is 31.7 Å². The third-order valence-electron chi connectivity index (χ3n) is 5.69. The summed E-state index contributed by atoms with van der Waals surface area (Å²) in [5.41, 5.74) is 1.25. The molecule has 1 aliphatic rings. The van der Waals surface area contributed by atoms with E-state index in [1.54, 1.807) is 47.6 Å². The number of methoxy groups -OCH3 is 2. The van der Waals surface area contributed by atoms with E-state index < -0.39 is 0 Å². The minimum absolute atomic E-state index is 0.115. The Morgan fingerprint density at radius 1 is 1.03 bits per heavy atom. The number of carbonyl (C=O) groups is 2. The predicted molar refractivity (Wildman–Crippen MR) is 137 cm³/mol. The molecule has 9 heteroatoms. The van der Waals surface area contributed by atoms with Crippen molar-refractivity contribution in [1.29, 1.82) is 0 Å². The van der Waals surface area contributed by atoms with Crippen LogP contribution in [-0.2, 0) is 17.9 Å². The highest BCUT2D eigenvalue weighted by atomic mass is 32.1. The monoisotopic (exact) mass is 508 g/mol. The van der Waals surface area contributed by atoms with E-state index >= 15 is 0 Å². The third kappa shape index (κ3) is 5.80. The Hall–Kier alpha value is -3.98. The van der Waals surface area contributed by atoms with E-state index in [9.17, 15) is 9.59 Å². The molecule has 0 spiro atoms.